The Morgan fingerprint density at radius 3 is 2.51 bits per heavy atom. The van der Waals surface area contributed by atoms with Crippen LogP contribution in [-0.2, 0) is 28.0 Å². The summed E-state index contributed by atoms with van der Waals surface area (Å²) in [6.45, 7) is 11.7. The topological polar surface area (TPSA) is 116 Å². The molecule has 39 heavy (non-hydrogen) atoms. The Kier molecular flexibility index (Phi) is 11.5. The number of nitrogens with zero attached hydrogens (tertiary/aromatic N) is 6. The maximum Gasteiger partial charge on any atom is 0.225 e. The fourth-order valence-electron chi connectivity index (χ4n) is 3.99. The van der Waals surface area contributed by atoms with Crippen molar-refractivity contribution in [2.45, 2.75) is 66.6 Å². The molecule has 3 rings (SSSR count). The van der Waals surface area contributed by atoms with Gasteiger partial charge in [-0.15, -0.1) is 5.10 Å². The van der Waals surface area contributed by atoms with Crippen molar-refractivity contribution in [3.8, 4) is 0 Å². The van der Waals surface area contributed by atoms with Crippen molar-refractivity contribution >= 4 is 17.4 Å². The van der Waals surface area contributed by atoms with Crippen LogP contribution >= 0.6 is 0 Å². The molecule has 210 valence electrons. The lowest BCUT2D eigenvalue weighted by Crippen LogP contribution is -2.24. The van der Waals surface area contributed by atoms with Crippen LogP contribution in [0.15, 0.2) is 53.7 Å². The Morgan fingerprint density at radius 2 is 1.85 bits per heavy atom. The van der Waals surface area contributed by atoms with Crippen molar-refractivity contribution < 1.29 is 14.4 Å². The number of rotatable bonds is 15. The van der Waals surface area contributed by atoms with Gasteiger partial charge in [0.05, 0.1) is 11.8 Å². The molecule has 1 N–H and O–H groups in total. The van der Waals surface area contributed by atoms with E-state index in [1.807, 2.05) is 42.5 Å². The number of benzene rings is 1. The van der Waals surface area contributed by atoms with Gasteiger partial charge < -0.3 is 14.9 Å². The second kappa shape index (κ2) is 15.1. The van der Waals surface area contributed by atoms with Crippen LogP contribution in [0.25, 0.3) is 0 Å². The van der Waals surface area contributed by atoms with Crippen LogP contribution in [0.4, 0.5) is 5.82 Å². The van der Waals surface area contributed by atoms with Gasteiger partial charge in [0, 0.05) is 25.6 Å². The van der Waals surface area contributed by atoms with E-state index in [-0.39, 0.29) is 18.6 Å². The van der Waals surface area contributed by atoms with Gasteiger partial charge in [-0.2, -0.15) is 0 Å². The highest BCUT2D eigenvalue weighted by molar-refractivity contribution is 6.10. The third-order valence-electron chi connectivity index (χ3n) is 6.99. The van der Waals surface area contributed by atoms with Crippen molar-refractivity contribution in [3.63, 3.8) is 0 Å². The first-order valence-electron chi connectivity index (χ1n) is 13.6. The smallest absolute Gasteiger partial charge is 0.225 e. The molecular weight excluding hydrogens is 494 g/mol. The number of tetrazole rings is 1. The molecule has 10 heteroatoms. The average Bonchev–Trinajstić information content (AvgIpc) is 3.36. The third-order valence-corrected chi connectivity index (χ3v) is 6.99. The minimum absolute atomic E-state index is 0.0575. The largest absolute Gasteiger partial charge is 0.389 e. The number of hydrogen-bond acceptors (Lipinski definition) is 8. The molecular formula is C29H41N7O3. The standard InChI is InChI=1S/C29H41N7O3/c1-7-23(18-38-22(5)20(2)3)21(4)16-17-27(37)31-26-15-11-14-25(30-26)19-39-33-28(24-12-9-8-10-13-24)29-32-34-35-36(29)6/h8-15,20-23H,7,16-19H2,1-6H3,(H,30,31,37)/b33-28-. The number of anilines is 1. The van der Waals surface area contributed by atoms with E-state index < -0.39 is 0 Å². The summed E-state index contributed by atoms with van der Waals surface area (Å²) in [4.78, 5) is 22.8. The predicted molar refractivity (Wildman–Crippen MR) is 151 cm³/mol. The normalized spacial score (nSPS) is 14.2. The van der Waals surface area contributed by atoms with Crippen molar-refractivity contribution in [1.29, 1.82) is 0 Å². The van der Waals surface area contributed by atoms with Gasteiger partial charge in [-0.1, -0.05) is 75.7 Å². The molecule has 2 aromatic heterocycles. The quantitative estimate of drug-likeness (QED) is 0.215. The number of amides is 1. The summed E-state index contributed by atoms with van der Waals surface area (Å²) in [5.74, 6) is 2.21. The van der Waals surface area contributed by atoms with Gasteiger partial charge in [0.2, 0.25) is 11.7 Å². The molecule has 3 unspecified atom stereocenters. The van der Waals surface area contributed by atoms with E-state index in [1.54, 1.807) is 13.1 Å². The van der Waals surface area contributed by atoms with Crippen molar-refractivity contribution in [1.82, 2.24) is 25.2 Å². The summed E-state index contributed by atoms with van der Waals surface area (Å²) in [6.07, 6.45) is 2.48. The Hall–Kier alpha value is -3.66. The van der Waals surface area contributed by atoms with Crippen LogP contribution in [-0.4, -0.2) is 49.5 Å². The third kappa shape index (κ3) is 9.24. The summed E-state index contributed by atoms with van der Waals surface area (Å²) >= 11 is 0. The molecule has 1 aromatic carbocycles. The number of pyridine rings is 1. The first kappa shape index (κ1) is 29.9. The summed E-state index contributed by atoms with van der Waals surface area (Å²) in [7, 11) is 1.74. The fourth-order valence-corrected chi connectivity index (χ4v) is 3.99. The molecule has 10 nitrogen and oxygen atoms in total. The van der Waals surface area contributed by atoms with E-state index in [9.17, 15) is 4.79 Å². The number of aromatic nitrogens is 5. The Labute approximate surface area is 231 Å². The number of carbonyl (C=O) groups excluding carboxylic acids is 1. The van der Waals surface area contributed by atoms with Crippen molar-refractivity contribution in [2.75, 3.05) is 11.9 Å². The van der Waals surface area contributed by atoms with E-state index >= 15 is 0 Å². The van der Waals surface area contributed by atoms with Gasteiger partial charge in [0.15, 0.2) is 12.3 Å². The highest BCUT2D eigenvalue weighted by Crippen LogP contribution is 2.23. The maximum atomic E-state index is 12.7. The summed E-state index contributed by atoms with van der Waals surface area (Å²) < 4.78 is 7.58. The average molecular weight is 536 g/mol. The molecule has 0 aliphatic rings. The minimum Gasteiger partial charge on any atom is -0.389 e. The summed E-state index contributed by atoms with van der Waals surface area (Å²) in [5.41, 5.74) is 1.97. The predicted octanol–water partition coefficient (Wildman–Crippen LogP) is 5.02. The van der Waals surface area contributed by atoms with Crippen LogP contribution in [0.3, 0.4) is 0 Å². The molecule has 3 atom stereocenters. The molecule has 0 aliphatic heterocycles. The van der Waals surface area contributed by atoms with Crippen LogP contribution < -0.4 is 5.32 Å². The molecule has 0 saturated carbocycles. The molecule has 3 aromatic rings. The van der Waals surface area contributed by atoms with Gasteiger partial charge in [-0.25, -0.2) is 9.67 Å². The van der Waals surface area contributed by atoms with E-state index in [1.165, 1.54) is 4.68 Å². The van der Waals surface area contributed by atoms with Crippen molar-refractivity contribution in [3.05, 3.63) is 65.6 Å². The molecule has 0 spiro atoms. The van der Waals surface area contributed by atoms with Gasteiger partial charge in [0.25, 0.3) is 0 Å². The number of hydrogen-bond donors (Lipinski definition) is 1. The second-order valence-corrected chi connectivity index (χ2v) is 10.2. The number of carbonyl (C=O) groups is 1. The van der Waals surface area contributed by atoms with Crippen molar-refractivity contribution in [2.24, 2.45) is 30.0 Å². The maximum absolute atomic E-state index is 12.7. The van der Waals surface area contributed by atoms with Gasteiger partial charge in [-0.3, -0.25) is 4.79 Å². The Balaban J connectivity index is 1.54. The van der Waals surface area contributed by atoms with Gasteiger partial charge in [-0.05, 0) is 53.7 Å². The van der Waals surface area contributed by atoms with E-state index in [0.29, 0.717) is 47.2 Å². The lowest BCUT2D eigenvalue weighted by Gasteiger charge is -2.25. The van der Waals surface area contributed by atoms with Crippen LogP contribution in [0.1, 0.15) is 71.0 Å². The molecule has 0 fully saturated rings. The zero-order chi connectivity index (χ0) is 28.2. The van der Waals surface area contributed by atoms with Gasteiger partial charge in [0.1, 0.15) is 5.82 Å². The lowest BCUT2D eigenvalue weighted by atomic mass is 9.88. The van der Waals surface area contributed by atoms with Gasteiger partial charge >= 0.3 is 0 Å². The Bertz CT molecular complexity index is 1200. The minimum atomic E-state index is -0.0575. The zero-order valence-electron chi connectivity index (χ0n) is 23.9. The van der Waals surface area contributed by atoms with Crippen LogP contribution in [0.2, 0.25) is 0 Å². The first-order valence-corrected chi connectivity index (χ1v) is 13.6. The summed E-state index contributed by atoms with van der Waals surface area (Å²) in [5, 5.41) is 18.9. The van der Waals surface area contributed by atoms with Crippen LogP contribution in [0.5, 0.6) is 0 Å². The van der Waals surface area contributed by atoms with E-state index in [0.717, 1.165) is 25.0 Å². The Morgan fingerprint density at radius 1 is 1.08 bits per heavy atom. The lowest BCUT2D eigenvalue weighted by molar-refractivity contribution is -0.116. The highest BCUT2D eigenvalue weighted by Gasteiger charge is 2.19. The number of nitrogens with one attached hydrogen (secondary N) is 1. The second-order valence-electron chi connectivity index (χ2n) is 10.2. The molecule has 0 bridgehead atoms. The molecule has 0 aliphatic carbocycles. The molecule has 2 heterocycles. The van der Waals surface area contributed by atoms with E-state index in [4.69, 9.17) is 9.57 Å². The monoisotopic (exact) mass is 535 g/mol. The molecule has 0 saturated heterocycles. The zero-order valence-corrected chi connectivity index (χ0v) is 23.9. The SMILES string of the molecule is CCC(COC(C)C(C)C)C(C)CCC(=O)Nc1cccc(CO/N=C(/c2ccccc2)c2nnnn2C)n1. The number of ether oxygens (including phenoxy) is 1. The first-order chi connectivity index (χ1) is 18.8. The fraction of sp³-hybridized carbons (Fsp3) is 0.517. The number of oxime groups is 1. The highest BCUT2D eigenvalue weighted by atomic mass is 16.6. The molecule has 0 radical (unpaired) electrons. The number of aryl methyl sites for hydroxylation is 1. The van der Waals surface area contributed by atoms with E-state index in [2.05, 4.69) is 65.6 Å². The summed E-state index contributed by atoms with van der Waals surface area (Å²) in [6, 6.07) is 15.0. The molecule has 1 amide bonds. The van der Waals surface area contributed by atoms with Crippen LogP contribution in [0, 0.1) is 17.8 Å².